The summed E-state index contributed by atoms with van der Waals surface area (Å²) < 4.78 is 17.6. The van der Waals surface area contributed by atoms with Gasteiger partial charge in [0.15, 0.2) is 0 Å². The molecule has 29 heavy (non-hydrogen) atoms. The second kappa shape index (κ2) is 9.62. The molecule has 0 unspecified atom stereocenters. The number of rotatable bonds is 9. The van der Waals surface area contributed by atoms with Crippen LogP contribution in [0.25, 0.3) is 0 Å². The van der Waals surface area contributed by atoms with E-state index in [2.05, 4.69) is 62.4 Å². The molecule has 3 heteroatoms. The van der Waals surface area contributed by atoms with Crippen molar-refractivity contribution < 1.29 is 14.2 Å². The molecule has 3 rings (SSSR count). The lowest BCUT2D eigenvalue weighted by molar-refractivity contribution is -0.00581. The van der Waals surface area contributed by atoms with Crippen LogP contribution in [0.1, 0.15) is 37.0 Å². The molecule has 152 valence electrons. The molecule has 0 amide bonds. The van der Waals surface area contributed by atoms with E-state index in [0.29, 0.717) is 12.5 Å². The van der Waals surface area contributed by atoms with Gasteiger partial charge in [0, 0.05) is 0 Å². The number of benzene rings is 3. The Labute approximate surface area is 174 Å². The van der Waals surface area contributed by atoms with Crippen LogP contribution in [0.5, 0.6) is 11.5 Å². The second-order valence-corrected chi connectivity index (χ2v) is 7.33. The van der Waals surface area contributed by atoms with E-state index in [0.717, 1.165) is 34.6 Å². The van der Waals surface area contributed by atoms with E-state index in [1.165, 1.54) is 0 Å². The maximum atomic E-state index is 6.81. The van der Waals surface area contributed by atoms with Gasteiger partial charge in [0.2, 0.25) is 0 Å². The molecule has 3 aromatic rings. The molecule has 0 aliphatic carbocycles. The summed E-state index contributed by atoms with van der Waals surface area (Å²) in [6, 6.07) is 26.7. The zero-order valence-electron chi connectivity index (χ0n) is 17.7. The Bertz CT molecular complexity index is 823. The molecule has 3 aromatic carbocycles. The Hall–Kier alpha value is -2.78. The monoisotopic (exact) mass is 390 g/mol. The van der Waals surface area contributed by atoms with Crippen LogP contribution in [0.2, 0.25) is 0 Å². The Balaban J connectivity index is 2.21. The highest BCUT2D eigenvalue weighted by atomic mass is 16.5. The highest BCUT2D eigenvalue weighted by Crippen LogP contribution is 2.42. The average Bonchev–Trinajstić information content (AvgIpc) is 2.80. The van der Waals surface area contributed by atoms with E-state index < -0.39 is 5.60 Å². The highest BCUT2D eigenvalue weighted by Gasteiger charge is 2.38. The molecule has 0 fully saturated rings. The number of methoxy groups -OCH3 is 2. The first-order valence-corrected chi connectivity index (χ1v) is 10.1. The molecular weight excluding hydrogens is 360 g/mol. The molecule has 0 saturated carbocycles. The van der Waals surface area contributed by atoms with Gasteiger partial charge in [0.25, 0.3) is 0 Å². The number of hydrogen-bond donors (Lipinski definition) is 0. The van der Waals surface area contributed by atoms with Gasteiger partial charge in [-0.1, -0.05) is 74.9 Å². The van der Waals surface area contributed by atoms with Crippen LogP contribution < -0.4 is 9.47 Å². The Morgan fingerprint density at radius 1 is 0.690 bits per heavy atom. The van der Waals surface area contributed by atoms with Crippen LogP contribution in [0, 0.1) is 5.92 Å². The normalized spacial score (nSPS) is 12.4. The fourth-order valence-corrected chi connectivity index (χ4v) is 3.46. The maximum absolute atomic E-state index is 6.81. The largest absolute Gasteiger partial charge is 0.497 e. The standard InChI is InChI=1S/C26H30O3/c1-5-20(2)19-29-26(21-9-7-6-8-10-21,22-11-15-24(27-3)16-12-22)23-13-17-25(28-4)18-14-23/h6-18,20H,5,19H2,1-4H3/t20-/m0/s1. The van der Waals surface area contributed by atoms with Crippen LogP contribution in [-0.2, 0) is 10.3 Å². The first-order chi connectivity index (χ1) is 14.1. The van der Waals surface area contributed by atoms with Crippen LogP contribution in [0.15, 0.2) is 78.9 Å². The molecule has 0 aliphatic rings. The van der Waals surface area contributed by atoms with Crippen molar-refractivity contribution in [3.8, 4) is 11.5 Å². The first-order valence-electron chi connectivity index (χ1n) is 10.1. The molecule has 0 N–H and O–H groups in total. The van der Waals surface area contributed by atoms with Crippen molar-refractivity contribution >= 4 is 0 Å². The predicted octanol–water partition coefficient (Wildman–Crippen LogP) is 6.06. The molecule has 1 atom stereocenters. The minimum absolute atomic E-state index is 0.453. The fourth-order valence-electron chi connectivity index (χ4n) is 3.46. The van der Waals surface area contributed by atoms with Crippen molar-refractivity contribution in [2.24, 2.45) is 5.92 Å². The molecular formula is C26H30O3. The minimum atomic E-state index is -0.719. The van der Waals surface area contributed by atoms with E-state index in [4.69, 9.17) is 14.2 Å². The van der Waals surface area contributed by atoms with Crippen molar-refractivity contribution in [1.29, 1.82) is 0 Å². The summed E-state index contributed by atoms with van der Waals surface area (Å²) in [5, 5.41) is 0. The third kappa shape index (κ3) is 4.46. The van der Waals surface area contributed by atoms with Crippen LogP contribution in [-0.4, -0.2) is 20.8 Å². The van der Waals surface area contributed by atoms with Gasteiger partial charge in [-0.05, 0) is 46.9 Å². The smallest absolute Gasteiger partial charge is 0.143 e. The summed E-state index contributed by atoms with van der Waals surface area (Å²) in [6.07, 6.45) is 1.07. The summed E-state index contributed by atoms with van der Waals surface area (Å²) in [4.78, 5) is 0. The van der Waals surface area contributed by atoms with E-state index in [-0.39, 0.29) is 0 Å². The molecule has 0 saturated heterocycles. The Morgan fingerprint density at radius 2 is 1.14 bits per heavy atom. The number of ether oxygens (including phenoxy) is 3. The van der Waals surface area contributed by atoms with Crippen LogP contribution in [0.3, 0.4) is 0 Å². The summed E-state index contributed by atoms with van der Waals surface area (Å²) >= 11 is 0. The lowest BCUT2D eigenvalue weighted by Crippen LogP contribution is -2.34. The molecule has 0 aromatic heterocycles. The van der Waals surface area contributed by atoms with Gasteiger partial charge in [-0.25, -0.2) is 0 Å². The van der Waals surface area contributed by atoms with Gasteiger partial charge < -0.3 is 14.2 Å². The zero-order chi connectivity index (χ0) is 20.7. The zero-order valence-corrected chi connectivity index (χ0v) is 17.7. The van der Waals surface area contributed by atoms with Gasteiger partial charge in [-0.3, -0.25) is 0 Å². The number of hydrogen-bond acceptors (Lipinski definition) is 3. The molecule has 3 nitrogen and oxygen atoms in total. The predicted molar refractivity (Wildman–Crippen MR) is 118 cm³/mol. The average molecular weight is 391 g/mol. The van der Waals surface area contributed by atoms with Crippen LogP contribution in [0.4, 0.5) is 0 Å². The maximum Gasteiger partial charge on any atom is 0.143 e. The van der Waals surface area contributed by atoms with E-state index >= 15 is 0 Å². The van der Waals surface area contributed by atoms with E-state index in [1.54, 1.807) is 14.2 Å². The van der Waals surface area contributed by atoms with E-state index in [9.17, 15) is 0 Å². The molecule has 0 heterocycles. The quantitative estimate of drug-likeness (QED) is 0.416. The molecule has 0 bridgehead atoms. The topological polar surface area (TPSA) is 27.7 Å². The lowest BCUT2D eigenvalue weighted by Gasteiger charge is -2.37. The van der Waals surface area contributed by atoms with Gasteiger partial charge in [0.1, 0.15) is 17.1 Å². The molecule has 0 aliphatic heterocycles. The van der Waals surface area contributed by atoms with Gasteiger partial charge in [0.05, 0.1) is 20.8 Å². The SMILES string of the molecule is CC[C@H](C)COC(c1ccccc1)(c1ccc(OC)cc1)c1ccc(OC)cc1. The van der Waals surface area contributed by atoms with Crippen molar-refractivity contribution in [3.63, 3.8) is 0 Å². The van der Waals surface area contributed by atoms with Gasteiger partial charge >= 0.3 is 0 Å². The summed E-state index contributed by atoms with van der Waals surface area (Å²) in [5.41, 5.74) is 2.51. The summed E-state index contributed by atoms with van der Waals surface area (Å²) in [6.45, 7) is 5.07. The van der Waals surface area contributed by atoms with Crippen molar-refractivity contribution in [2.75, 3.05) is 20.8 Å². The highest BCUT2D eigenvalue weighted by molar-refractivity contribution is 5.49. The lowest BCUT2D eigenvalue weighted by atomic mass is 9.80. The van der Waals surface area contributed by atoms with Crippen molar-refractivity contribution in [1.82, 2.24) is 0 Å². The third-order valence-corrected chi connectivity index (χ3v) is 5.45. The van der Waals surface area contributed by atoms with Crippen LogP contribution >= 0.6 is 0 Å². The molecule has 0 radical (unpaired) electrons. The molecule has 0 spiro atoms. The second-order valence-electron chi connectivity index (χ2n) is 7.33. The van der Waals surface area contributed by atoms with Crippen molar-refractivity contribution in [3.05, 3.63) is 95.6 Å². The summed E-state index contributed by atoms with van der Waals surface area (Å²) in [7, 11) is 3.37. The Kier molecular flexibility index (Phi) is 6.95. The first kappa shape index (κ1) is 20.9. The third-order valence-electron chi connectivity index (χ3n) is 5.45. The minimum Gasteiger partial charge on any atom is -0.497 e. The van der Waals surface area contributed by atoms with Gasteiger partial charge in [-0.2, -0.15) is 0 Å². The summed E-state index contributed by atoms with van der Waals surface area (Å²) in [5.74, 6) is 2.11. The van der Waals surface area contributed by atoms with E-state index in [1.807, 2.05) is 30.3 Å². The fraction of sp³-hybridized carbons (Fsp3) is 0.308. The Morgan fingerprint density at radius 3 is 1.55 bits per heavy atom. The van der Waals surface area contributed by atoms with Gasteiger partial charge in [-0.15, -0.1) is 0 Å². The van der Waals surface area contributed by atoms with Crippen molar-refractivity contribution in [2.45, 2.75) is 25.9 Å².